The number of methoxy groups -OCH3 is 1. The van der Waals surface area contributed by atoms with Gasteiger partial charge in [-0.15, -0.1) is 6.58 Å². The molecule has 2 aromatic rings. The summed E-state index contributed by atoms with van der Waals surface area (Å²) in [5.74, 6) is 0.680. The molecule has 2 rings (SSSR count). The Labute approximate surface area is 136 Å². The van der Waals surface area contributed by atoms with Crippen molar-refractivity contribution in [3.05, 3.63) is 66.2 Å². The zero-order valence-corrected chi connectivity index (χ0v) is 13.9. The molecule has 0 heterocycles. The maximum atomic E-state index is 10.5. The molecule has 6 heteroatoms. The highest BCUT2D eigenvalue weighted by molar-refractivity contribution is 7.85. The van der Waals surface area contributed by atoms with Crippen LogP contribution in [0.5, 0.6) is 11.5 Å². The van der Waals surface area contributed by atoms with Gasteiger partial charge in [0.1, 0.15) is 0 Å². The van der Waals surface area contributed by atoms with E-state index in [4.69, 9.17) is 9.29 Å². The van der Waals surface area contributed by atoms with Crippen molar-refractivity contribution in [3.8, 4) is 11.5 Å². The SMILES string of the molecule is C=CCc1ccc(O)c(OC)c1.Cc1ccc(S(=O)(=O)O)cc1. The van der Waals surface area contributed by atoms with Gasteiger partial charge >= 0.3 is 0 Å². The Morgan fingerprint density at radius 1 is 1.17 bits per heavy atom. The van der Waals surface area contributed by atoms with Gasteiger partial charge < -0.3 is 9.84 Å². The van der Waals surface area contributed by atoms with Crippen LogP contribution in [0.3, 0.4) is 0 Å². The molecule has 0 atom stereocenters. The molecule has 0 fully saturated rings. The van der Waals surface area contributed by atoms with Gasteiger partial charge in [0.25, 0.3) is 10.1 Å². The van der Waals surface area contributed by atoms with Crippen LogP contribution in [0, 0.1) is 6.92 Å². The van der Waals surface area contributed by atoms with E-state index in [9.17, 15) is 13.5 Å². The molecular formula is C17H20O5S. The van der Waals surface area contributed by atoms with Gasteiger partial charge in [-0.1, -0.05) is 29.8 Å². The molecule has 0 aliphatic heterocycles. The molecule has 23 heavy (non-hydrogen) atoms. The molecule has 0 bridgehead atoms. The summed E-state index contributed by atoms with van der Waals surface area (Å²) in [5, 5.41) is 9.25. The molecule has 2 N–H and O–H groups in total. The zero-order valence-electron chi connectivity index (χ0n) is 13.1. The van der Waals surface area contributed by atoms with Gasteiger partial charge in [-0.05, 0) is 43.2 Å². The van der Waals surface area contributed by atoms with Crippen molar-refractivity contribution in [2.75, 3.05) is 7.11 Å². The Balaban J connectivity index is 0.000000231. The van der Waals surface area contributed by atoms with E-state index in [0.717, 1.165) is 17.5 Å². The number of phenols is 1. The molecule has 0 radical (unpaired) electrons. The van der Waals surface area contributed by atoms with Crippen LogP contribution in [-0.2, 0) is 16.5 Å². The Hall–Kier alpha value is -2.31. The maximum absolute atomic E-state index is 10.5. The van der Waals surface area contributed by atoms with Gasteiger partial charge in [-0.2, -0.15) is 8.42 Å². The van der Waals surface area contributed by atoms with E-state index in [1.165, 1.54) is 19.2 Å². The van der Waals surface area contributed by atoms with Gasteiger partial charge in [0.15, 0.2) is 11.5 Å². The second kappa shape index (κ2) is 8.36. The molecule has 124 valence electrons. The van der Waals surface area contributed by atoms with Crippen molar-refractivity contribution in [3.63, 3.8) is 0 Å². The van der Waals surface area contributed by atoms with Crippen molar-refractivity contribution in [1.29, 1.82) is 0 Å². The number of benzene rings is 2. The van der Waals surface area contributed by atoms with Gasteiger partial charge in [0.2, 0.25) is 0 Å². The summed E-state index contributed by atoms with van der Waals surface area (Å²) in [7, 11) is -2.49. The predicted molar refractivity (Wildman–Crippen MR) is 89.6 cm³/mol. The van der Waals surface area contributed by atoms with E-state index in [0.29, 0.717) is 5.75 Å². The Bertz CT molecular complexity index is 749. The van der Waals surface area contributed by atoms with Crippen LogP contribution >= 0.6 is 0 Å². The average molecular weight is 336 g/mol. The van der Waals surface area contributed by atoms with Crippen LogP contribution in [0.1, 0.15) is 11.1 Å². The fraction of sp³-hybridized carbons (Fsp3) is 0.176. The summed E-state index contributed by atoms with van der Waals surface area (Å²) in [6, 6.07) is 11.3. The second-order valence-corrected chi connectivity index (χ2v) is 6.21. The van der Waals surface area contributed by atoms with Gasteiger partial charge in [-0.25, -0.2) is 0 Å². The highest BCUT2D eigenvalue weighted by Crippen LogP contribution is 2.26. The van der Waals surface area contributed by atoms with Crippen LogP contribution in [0.2, 0.25) is 0 Å². The summed E-state index contributed by atoms with van der Waals surface area (Å²) < 4.78 is 34.5. The standard InChI is InChI=1S/C10H12O2.C7H8O3S/c1-3-4-8-5-6-9(11)10(7-8)12-2;1-6-2-4-7(5-3-6)11(8,9)10/h3,5-7,11H,1,4H2,2H3;2-5H,1H3,(H,8,9,10). The lowest BCUT2D eigenvalue weighted by Crippen LogP contribution is -1.96. The third kappa shape index (κ3) is 6.14. The second-order valence-electron chi connectivity index (χ2n) is 4.79. The first-order chi connectivity index (χ1) is 10.8. The highest BCUT2D eigenvalue weighted by Gasteiger charge is 2.06. The van der Waals surface area contributed by atoms with Gasteiger partial charge in [-0.3, -0.25) is 4.55 Å². The minimum absolute atomic E-state index is 0.0666. The minimum atomic E-state index is -4.02. The number of aromatic hydroxyl groups is 1. The Morgan fingerprint density at radius 2 is 1.78 bits per heavy atom. The van der Waals surface area contributed by atoms with E-state index in [1.807, 2.05) is 19.1 Å². The van der Waals surface area contributed by atoms with Gasteiger partial charge in [0, 0.05) is 0 Å². The van der Waals surface area contributed by atoms with Crippen LogP contribution in [0.4, 0.5) is 0 Å². The first-order valence-corrected chi connectivity index (χ1v) is 8.23. The summed E-state index contributed by atoms with van der Waals surface area (Å²) in [5.41, 5.74) is 2.04. The first kappa shape index (κ1) is 18.7. The van der Waals surface area contributed by atoms with E-state index in [-0.39, 0.29) is 10.6 Å². The Morgan fingerprint density at radius 3 is 2.26 bits per heavy atom. The van der Waals surface area contributed by atoms with Crippen LogP contribution in [0.25, 0.3) is 0 Å². The number of phenolic OH excluding ortho intramolecular Hbond substituents is 1. The number of allylic oxidation sites excluding steroid dienone is 1. The third-order valence-corrected chi connectivity index (χ3v) is 3.81. The van der Waals surface area contributed by atoms with E-state index >= 15 is 0 Å². The lowest BCUT2D eigenvalue weighted by atomic mass is 10.1. The van der Waals surface area contributed by atoms with Crippen molar-refractivity contribution < 1.29 is 22.8 Å². The van der Waals surface area contributed by atoms with Crippen LogP contribution in [-0.4, -0.2) is 25.2 Å². The summed E-state index contributed by atoms with van der Waals surface area (Å²) in [6.07, 6.45) is 2.60. The normalized spacial score (nSPS) is 10.4. The van der Waals surface area contributed by atoms with Crippen LogP contribution in [0.15, 0.2) is 60.0 Å². The fourth-order valence-corrected chi connectivity index (χ4v) is 2.21. The molecule has 0 saturated carbocycles. The largest absolute Gasteiger partial charge is 0.504 e. The van der Waals surface area contributed by atoms with E-state index in [2.05, 4.69) is 6.58 Å². The molecule has 0 unspecified atom stereocenters. The monoisotopic (exact) mass is 336 g/mol. The lowest BCUT2D eigenvalue weighted by Gasteiger charge is -2.04. The maximum Gasteiger partial charge on any atom is 0.294 e. The number of rotatable bonds is 4. The van der Waals surface area contributed by atoms with Crippen molar-refractivity contribution in [1.82, 2.24) is 0 Å². The van der Waals surface area contributed by atoms with Crippen molar-refractivity contribution in [2.24, 2.45) is 0 Å². The van der Waals surface area contributed by atoms with Crippen LogP contribution < -0.4 is 4.74 Å². The number of hydrogen-bond acceptors (Lipinski definition) is 4. The minimum Gasteiger partial charge on any atom is -0.504 e. The topological polar surface area (TPSA) is 83.8 Å². The number of ether oxygens (including phenoxy) is 1. The molecule has 5 nitrogen and oxygen atoms in total. The molecule has 0 saturated heterocycles. The van der Waals surface area contributed by atoms with E-state index in [1.54, 1.807) is 24.3 Å². The molecule has 0 aliphatic carbocycles. The van der Waals surface area contributed by atoms with E-state index < -0.39 is 10.1 Å². The molecule has 0 amide bonds. The number of hydrogen-bond donors (Lipinski definition) is 2. The molecule has 2 aromatic carbocycles. The summed E-state index contributed by atoms with van der Waals surface area (Å²) in [6.45, 7) is 5.47. The number of aryl methyl sites for hydroxylation is 1. The molecule has 0 spiro atoms. The van der Waals surface area contributed by atoms with Crippen molar-refractivity contribution in [2.45, 2.75) is 18.2 Å². The Kier molecular flexibility index (Phi) is 6.81. The molecule has 0 aromatic heterocycles. The average Bonchev–Trinajstić information content (AvgIpc) is 2.49. The smallest absolute Gasteiger partial charge is 0.294 e. The predicted octanol–water partition coefficient (Wildman–Crippen LogP) is 3.37. The summed E-state index contributed by atoms with van der Waals surface area (Å²) >= 11 is 0. The highest BCUT2D eigenvalue weighted by atomic mass is 32.2. The molecular weight excluding hydrogens is 316 g/mol. The summed E-state index contributed by atoms with van der Waals surface area (Å²) in [4.78, 5) is -0.0666. The third-order valence-electron chi connectivity index (χ3n) is 2.94. The first-order valence-electron chi connectivity index (χ1n) is 6.79. The zero-order chi connectivity index (χ0) is 17.5. The lowest BCUT2D eigenvalue weighted by molar-refractivity contribution is 0.373. The molecule has 0 aliphatic rings. The van der Waals surface area contributed by atoms with Crippen molar-refractivity contribution >= 4 is 10.1 Å². The fourth-order valence-electron chi connectivity index (χ4n) is 1.73. The van der Waals surface area contributed by atoms with Gasteiger partial charge in [0.05, 0.1) is 12.0 Å². The quantitative estimate of drug-likeness (QED) is 0.660.